The summed E-state index contributed by atoms with van der Waals surface area (Å²) in [5.74, 6) is 0.382. The zero-order chi connectivity index (χ0) is 21.1. The van der Waals surface area contributed by atoms with E-state index in [0.29, 0.717) is 5.16 Å². The van der Waals surface area contributed by atoms with Crippen molar-refractivity contribution >= 4 is 23.4 Å². The first-order valence-corrected chi connectivity index (χ1v) is 11.0. The minimum atomic E-state index is -0.494. The van der Waals surface area contributed by atoms with Gasteiger partial charge in [-0.3, -0.25) is 4.79 Å². The third kappa shape index (κ3) is 4.05. The molecule has 0 aliphatic carbocycles. The average Bonchev–Trinajstić information content (AvgIpc) is 3.16. The number of benzene rings is 2. The number of amides is 1. The van der Waals surface area contributed by atoms with Crippen LogP contribution in [0.15, 0.2) is 53.7 Å². The first kappa shape index (κ1) is 20.4. The van der Waals surface area contributed by atoms with E-state index in [1.165, 1.54) is 23.9 Å². The van der Waals surface area contributed by atoms with E-state index in [-0.39, 0.29) is 17.8 Å². The van der Waals surface area contributed by atoms with Gasteiger partial charge in [0.15, 0.2) is 5.82 Å². The summed E-state index contributed by atoms with van der Waals surface area (Å²) in [6, 6.07) is 13.7. The van der Waals surface area contributed by atoms with Crippen molar-refractivity contribution in [2.75, 3.05) is 10.7 Å². The van der Waals surface area contributed by atoms with Crippen molar-refractivity contribution in [2.45, 2.75) is 49.6 Å². The number of fused-ring (bicyclic) bond motifs is 1. The molecule has 1 aliphatic heterocycles. The molecule has 30 heavy (non-hydrogen) atoms. The Morgan fingerprint density at radius 2 is 1.93 bits per heavy atom. The normalized spacial score (nSPS) is 17.8. The van der Waals surface area contributed by atoms with Gasteiger partial charge in [0.2, 0.25) is 11.1 Å². The SMILES string of the molecule is CCCc1nnc2n1NC(c1ccc(F)cc1)C(C(=O)Nc1ccccc1CC)S2. The fraction of sp³-hybridized carbons (Fsp3) is 0.318. The van der Waals surface area contributed by atoms with E-state index in [4.69, 9.17) is 0 Å². The van der Waals surface area contributed by atoms with Gasteiger partial charge < -0.3 is 10.7 Å². The van der Waals surface area contributed by atoms with Crippen LogP contribution in [0.5, 0.6) is 0 Å². The highest BCUT2D eigenvalue weighted by Crippen LogP contribution is 2.38. The predicted molar refractivity (Wildman–Crippen MR) is 117 cm³/mol. The minimum Gasteiger partial charge on any atom is -0.325 e. The number of aryl methyl sites for hydroxylation is 2. The number of hydrogen-bond donors (Lipinski definition) is 2. The highest BCUT2D eigenvalue weighted by molar-refractivity contribution is 8.00. The molecule has 4 rings (SSSR count). The number of halogens is 1. The molecule has 1 amide bonds. The molecule has 2 heterocycles. The number of carbonyl (C=O) groups is 1. The van der Waals surface area contributed by atoms with E-state index < -0.39 is 5.25 Å². The van der Waals surface area contributed by atoms with Gasteiger partial charge in [0.25, 0.3) is 0 Å². The number of anilines is 1. The van der Waals surface area contributed by atoms with Crippen molar-refractivity contribution in [3.05, 3.63) is 71.3 Å². The van der Waals surface area contributed by atoms with Crippen LogP contribution < -0.4 is 10.7 Å². The molecule has 0 bridgehead atoms. The van der Waals surface area contributed by atoms with Gasteiger partial charge in [-0.2, -0.15) is 0 Å². The van der Waals surface area contributed by atoms with E-state index in [1.807, 2.05) is 28.9 Å². The van der Waals surface area contributed by atoms with E-state index in [9.17, 15) is 9.18 Å². The number of thioether (sulfide) groups is 1. The molecule has 0 saturated carbocycles. The van der Waals surface area contributed by atoms with Gasteiger partial charge >= 0.3 is 0 Å². The highest BCUT2D eigenvalue weighted by atomic mass is 32.2. The largest absolute Gasteiger partial charge is 0.325 e. The molecule has 1 aromatic heterocycles. The Bertz CT molecular complexity index is 1040. The van der Waals surface area contributed by atoms with Gasteiger partial charge in [-0.15, -0.1) is 10.2 Å². The maximum absolute atomic E-state index is 13.5. The smallest absolute Gasteiger partial charge is 0.240 e. The van der Waals surface area contributed by atoms with Crippen LogP contribution in [0.2, 0.25) is 0 Å². The molecule has 3 aromatic rings. The lowest BCUT2D eigenvalue weighted by Crippen LogP contribution is -2.41. The summed E-state index contributed by atoms with van der Waals surface area (Å²) in [5, 5.41) is 11.8. The maximum atomic E-state index is 13.5. The minimum absolute atomic E-state index is 0.131. The van der Waals surface area contributed by atoms with Gasteiger partial charge in [0, 0.05) is 12.1 Å². The molecule has 1 aliphatic rings. The van der Waals surface area contributed by atoms with Gasteiger partial charge in [0.05, 0.1) is 6.04 Å². The molecule has 0 spiro atoms. The Morgan fingerprint density at radius 1 is 1.17 bits per heavy atom. The third-order valence-electron chi connectivity index (χ3n) is 5.12. The molecule has 0 saturated heterocycles. The third-order valence-corrected chi connectivity index (χ3v) is 6.34. The number of carbonyl (C=O) groups excluding carboxylic acids is 1. The summed E-state index contributed by atoms with van der Waals surface area (Å²) >= 11 is 1.37. The summed E-state index contributed by atoms with van der Waals surface area (Å²) in [7, 11) is 0. The number of aromatic nitrogens is 3. The number of nitrogens with one attached hydrogen (secondary N) is 2. The average molecular weight is 426 g/mol. The summed E-state index contributed by atoms with van der Waals surface area (Å²) < 4.78 is 15.4. The van der Waals surface area contributed by atoms with Crippen molar-refractivity contribution in [1.29, 1.82) is 0 Å². The highest BCUT2D eigenvalue weighted by Gasteiger charge is 2.37. The summed E-state index contributed by atoms with van der Waals surface area (Å²) in [6.07, 6.45) is 2.53. The monoisotopic (exact) mass is 425 g/mol. The number of para-hydroxylation sites is 1. The van der Waals surface area contributed by atoms with Crippen LogP contribution in [0.1, 0.15) is 43.3 Å². The Balaban J connectivity index is 1.67. The van der Waals surface area contributed by atoms with E-state index in [0.717, 1.165) is 41.9 Å². The Labute approximate surface area is 179 Å². The first-order valence-electron chi connectivity index (χ1n) is 10.1. The van der Waals surface area contributed by atoms with Crippen LogP contribution in [-0.2, 0) is 17.6 Å². The molecule has 6 nitrogen and oxygen atoms in total. The second-order valence-electron chi connectivity index (χ2n) is 7.18. The Morgan fingerprint density at radius 3 is 2.67 bits per heavy atom. The van der Waals surface area contributed by atoms with Crippen LogP contribution >= 0.6 is 11.8 Å². The molecule has 2 unspecified atom stereocenters. The van der Waals surface area contributed by atoms with Crippen molar-refractivity contribution in [1.82, 2.24) is 14.9 Å². The molecule has 2 atom stereocenters. The standard InChI is InChI=1S/C22H24FN5OS/c1-3-7-18-25-26-22-28(18)27-19(15-10-12-16(23)13-11-15)20(30-22)21(29)24-17-9-6-5-8-14(17)4-2/h5-6,8-13,19-20,27H,3-4,7H2,1-2H3,(H,24,29). The van der Waals surface area contributed by atoms with Crippen LogP contribution in [0.25, 0.3) is 0 Å². The quantitative estimate of drug-likeness (QED) is 0.615. The number of hydrogen-bond acceptors (Lipinski definition) is 5. The molecular formula is C22H24FN5OS. The fourth-order valence-corrected chi connectivity index (χ4v) is 4.66. The van der Waals surface area contributed by atoms with Crippen molar-refractivity contribution < 1.29 is 9.18 Å². The summed E-state index contributed by atoms with van der Waals surface area (Å²) in [6.45, 7) is 4.14. The second-order valence-corrected chi connectivity index (χ2v) is 8.29. The summed E-state index contributed by atoms with van der Waals surface area (Å²) in [4.78, 5) is 13.3. The van der Waals surface area contributed by atoms with Crippen molar-refractivity contribution in [3.63, 3.8) is 0 Å². The van der Waals surface area contributed by atoms with Crippen molar-refractivity contribution in [2.24, 2.45) is 0 Å². The Hall–Kier alpha value is -2.87. The summed E-state index contributed by atoms with van der Waals surface area (Å²) in [5.41, 5.74) is 6.11. The van der Waals surface area contributed by atoms with Gasteiger partial charge in [-0.25, -0.2) is 9.07 Å². The van der Waals surface area contributed by atoms with Crippen LogP contribution in [0.3, 0.4) is 0 Å². The lowest BCUT2D eigenvalue weighted by Gasteiger charge is -2.33. The predicted octanol–water partition coefficient (Wildman–Crippen LogP) is 4.33. The molecule has 0 fully saturated rings. The molecular weight excluding hydrogens is 401 g/mol. The first-order chi connectivity index (χ1) is 14.6. The molecule has 0 radical (unpaired) electrons. The van der Waals surface area contributed by atoms with Gasteiger partial charge in [-0.05, 0) is 42.2 Å². The van der Waals surface area contributed by atoms with Crippen LogP contribution in [0.4, 0.5) is 10.1 Å². The Kier molecular flexibility index (Phi) is 6.03. The van der Waals surface area contributed by atoms with Gasteiger partial charge in [0.1, 0.15) is 11.1 Å². The zero-order valence-corrected chi connectivity index (χ0v) is 17.7. The van der Waals surface area contributed by atoms with E-state index in [2.05, 4.69) is 34.8 Å². The number of rotatable bonds is 6. The van der Waals surface area contributed by atoms with Gasteiger partial charge in [-0.1, -0.05) is 55.9 Å². The maximum Gasteiger partial charge on any atom is 0.240 e. The van der Waals surface area contributed by atoms with Crippen molar-refractivity contribution in [3.8, 4) is 0 Å². The van der Waals surface area contributed by atoms with Crippen LogP contribution in [0, 0.1) is 5.82 Å². The molecule has 2 aromatic carbocycles. The topological polar surface area (TPSA) is 71.8 Å². The van der Waals surface area contributed by atoms with Crippen LogP contribution in [-0.4, -0.2) is 26.0 Å². The fourth-order valence-electron chi connectivity index (χ4n) is 3.56. The van der Waals surface area contributed by atoms with E-state index in [1.54, 1.807) is 12.1 Å². The number of nitrogens with zero attached hydrogens (tertiary/aromatic N) is 3. The second kappa shape index (κ2) is 8.87. The zero-order valence-electron chi connectivity index (χ0n) is 16.9. The van der Waals surface area contributed by atoms with E-state index >= 15 is 0 Å². The lowest BCUT2D eigenvalue weighted by atomic mass is 10.0. The molecule has 8 heteroatoms. The molecule has 156 valence electrons. The lowest BCUT2D eigenvalue weighted by molar-refractivity contribution is -0.116. The molecule has 2 N–H and O–H groups in total.